The molecule has 0 aromatic heterocycles. The highest BCUT2D eigenvalue weighted by Gasteiger charge is 2.27. The molecule has 0 aliphatic carbocycles. The second-order valence-corrected chi connectivity index (χ2v) is 8.90. The summed E-state index contributed by atoms with van der Waals surface area (Å²) in [5.74, 6) is 0. The Morgan fingerprint density at radius 1 is 0.935 bits per heavy atom. The van der Waals surface area contributed by atoms with Gasteiger partial charge in [-0.05, 0) is 62.2 Å². The molecule has 2 saturated heterocycles. The number of likely N-dealkylation sites (tertiary alicyclic amines) is 1. The van der Waals surface area contributed by atoms with Crippen molar-refractivity contribution in [2.75, 3.05) is 55.0 Å². The number of amides is 2. The van der Waals surface area contributed by atoms with Gasteiger partial charge >= 0.3 is 6.03 Å². The van der Waals surface area contributed by atoms with Crippen molar-refractivity contribution in [2.24, 2.45) is 5.73 Å². The molecule has 2 aromatic carbocycles. The van der Waals surface area contributed by atoms with Crippen molar-refractivity contribution >= 4 is 30.2 Å². The smallest absolute Gasteiger partial charge is 0.329 e. The molecule has 2 amide bonds. The summed E-state index contributed by atoms with van der Waals surface area (Å²) in [6.45, 7) is 7.87. The van der Waals surface area contributed by atoms with E-state index in [-0.39, 0.29) is 0 Å². The van der Waals surface area contributed by atoms with Gasteiger partial charge in [0.15, 0.2) is 0 Å². The number of urea groups is 1. The molecule has 0 atom stereocenters. The molecule has 4 rings (SSSR count). The van der Waals surface area contributed by atoms with E-state index in [2.05, 4.69) is 57.8 Å². The summed E-state index contributed by atoms with van der Waals surface area (Å²) in [5.41, 5.74) is 8.59. The predicted molar refractivity (Wildman–Crippen MR) is 131 cm³/mol. The van der Waals surface area contributed by atoms with Gasteiger partial charge in [-0.25, -0.2) is 9.10 Å². The molecule has 7 heteroatoms. The fourth-order valence-corrected chi connectivity index (χ4v) is 4.85. The first-order valence-corrected chi connectivity index (χ1v) is 11.6. The predicted octanol–water partition coefficient (Wildman–Crippen LogP) is 3.25. The van der Waals surface area contributed by atoms with Crippen molar-refractivity contribution in [1.82, 2.24) is 9.80 Å². The quantitative estimate of drug-likeness (QED) is 0.679. The second kappa shape index (κ2) is 10.4. The number of primary amides is 1. The lowest BCUT2D eigenvalue weighted by atomic mass is 10.0. The average Bonchev–Trinajstić information content (AvgIpc) is 2.83. The van der Waals surface area contributed by atoms with Gasteiger partial charge in [0, 0.05) is 44.5 Å². The summed E-state index contributed by atoms with van der Waals surface area (Å²) in [7, 11) is 0. The van der Waals surface area contributed by atoms with E-state index in [0.717, 1.165) is 36.9 Å². The number of thiol groups is 1. The summed E-state index contributed by atoms with van der Waals surface area (Å²) in [6.07, 6.45) is 3.69. The highest BCUT2D eigenvalue weighted by atomic mass is 32.1. The van der Waals surface area contributed by atoms with Crippen LogP contribution in [0.25, 0.3) is 0 Å². The van der Waals surface area contributed by atoms with Crippen LogP contribution < -0.4 is 14.9 Å². The third-order valence-electron chi connectivity index (χ3n) is 6.62. The van der Waals surface area contributed by atoms with Crippen molar-refractivity contribution < 1.29 is 4.79 Å². The monoisotopic (exact) mass is 439 g/mol. The molecule has 0 bridgehead atoms. The van der Waals surface area contributed by atoms with Crippen molar-refractivity contribution in [1.29, 1.82) is 0 Å². The molecule has 0 saturated carbocycles. The second-order valence-electron chi connectivity index (χ2n) is 8.50. The van der Waals surface area contributed by atoms with Crippen LogP contribution in [0.5, 0.6) is 0 Å². The number of carbonyl (C=O) groups is 1. The van der Waals surface area contributed by atoms with Gasteiger partial charge in [-0.1, -0.05) is 43.1 Å². The minimum Gasteiger partial charge on any atom is -0.369 e. The van der Waals surface area contributed by atoms with Crippen LogP contribution in [0.2, 0.25) is 0 Å². The molecule has 2 aliphatic heterocycles. The van der Waals surface area contributed by atoms with Crippen LogP contribution in [0, 0.1) is 0 Å². The van der Waals surface area contributed by atoms with Crippen LogP contribution in [0.4, 0.5) is 16.2 Å². The zero-order valence-corrected chi connectivity index (χ0v) is 19.0. The number of rotatable bonds is 6. The topological polar surface area (TPSA) is 56.1 Å². The average molecular weight is 440 g/mol. The number of carbonyl (C=O) groups excluding carboxylic acids is 1. The standard InChI is InChI=1S/C24H33N5OS/c25-24(30)29(31)23-8-6-21(7-9-23)27-16-18-28(19-17-27)22-11-14-26(15-12-22)13-10-20-4-2-1-3-5-20/h1-9,22,31H,10-19H2,(H2,25,30). The normalized spacial score (nSPS) is 18.8. The van der Waals surface area contributed by atoms with Gasteiger partial charge in [0.1, 0.15) is 0 Å². The lowest BCUT2D eigenvalue weighted by Gasteiger charge is -2.43. The summed E-state index contributed by atoms with van der Waals surface area (Å²) < 4.78 is 1.16. The molecule has 0 spiro atoms. The molecular formula is C24H33N5OS. The first-order valence-electron chi connectivity index (χ1n) is 11.2. The van der Waals surface area contributed by atoms with Gasteiger partial charge < -0.3 is 15.5 Å². The first kappa shape index (κ1) is 22.0. The maximum Gasteiger partial charge on any atom is 0.329 e. The van der Waals surface area contributed by atoms with E-state index in [9.17, 15) is 4.79 Å². The molecule has 2 heterocycles. The van der Waals surface area contributed by atoms with E-state index in [1.165, 1.54) is 43.7 Å². The van der Waals surface area contributed by atoms with E-state index in [1.807, 2.05) is 24.3 Å². The summed E-state index contributed by atoms with van der Waals surface area (Å²) in [5, 5.41) is 0. The Kier molecular flexibility index (Phi) is 7.37. The van der Waals surface area contributed by atoms with E-state index in [0.29, 0.717) is 11.7 Å². The fraction of sp³-hybridized carbons (Fsp3) is 0.458. The molecule has 2 N–H and O–H groups in total. The van der Waals surface area contributed by atoms with E-state index in [4.69, 9.17) is 5.73 Å². The number of benzene rings is 2. The fourth-order valence-electron chi connectivity index (χ4n) is 4.72. The van der Waals surface area contributed by atoms with Crippen molar-refractivity contribution in [2.45, 2.75) is 25.3 Å². The molecule has 0 radical (unpaired) electrons. The van der Waals surface area contributed by atoms with Crippen LogP contribution in [-0.2, 0) is 6.42 Å². The maximum absolute atomic E-state index is 11.2. The zero-order chi connectivity index (χ0) is 21.6. The lowest BCUT2D eigenvalue weighted by Crippen LogP contribution is -2.53. The lowest BCUT2D eigenvalue weighted by molar-refractivity contribution is 0.104. The highest BCUT2D eigenvalue weighted by molar-refractivity contribution is 7.82. The number of nitrogens with zero attached hydrogens (tertiary/aromatic N) is 4. The minimum absolute atomic E-state index is 0.573. The molecular weight excluding hydrogens is 406 g/mol. The van der Waals surface area contributed by atoms with Crippen LogP contribution in [0.1, 0.15) is 18.4 Å². The molecule has 2 aliphatic rings. The van der Waals surface area contributed by atoms with Crippen LogP contribution in [-0.4, -0.2) is 67.7 Å². The van der Waals surface area contributed by atoms with Gasteiger partial charge in [0.25, 0.3) is 0 Å². The SMILES string of the molecule is NC(=O)N(S)c1ccc(N2CCN(C3CCN(CCc4ccccc4)CC3)CC2)cc1. The van der Waals surface area contributed by atoms with Gasteiger partial charge in [-0.2, -0.15) is 0 Å². The number of nitrogens with two attached hydrogens (primary N) is 1. The molecule has 2 fully saturated rings. The van der Waals surface area contributed by atoms with Gasteiger partial charge in [0.05, 0.1) is 5.69 Å². The Morgan fingerprint density at radius 3 is 2.19 bits per heavy atom. The Labute approximate surface area is 191 Å². The van der Waals surface area contributed by atoms with E-state index < -0.39 is 6.03 Å². The number of hydrogen-bond acceptors (Lipinski definition) is 5. The minimum atomic E-state index is -0.573. The molecule has 0 unspecified atom stereocenters. The van der Waals surface area contributed by atoms with E-state index >= 15 is 0 Å². The summed E-state index contributed by atoms with van der Waals surface area (Å²) in [6, 6.07) is 18.8. The Bertz CT molecular complexity index is 831. The largest absolute Gasteiger partial charge is 0.369 e. The maximum atomic E-state index is 11.2. The van der Waals surface area contributed by atoms with Gasteiger partial charge in [0.2, 0.25) is 0 Å². The molecule has 2 aromatic rings. The third kappa shape index (κ3) is 5.73. The van der Waals surface area contributed by atoms with E-state index in [1.54, 1.807) is 0 Å². The Balaban J connectivity index is 1.20. The Hall–Kier alpha value is -2.22. The number of piperazine rings is 1. The van der Waals surface area contributed by atoms with Crippen molar-refractivity contribution in [3.05, 3.63) is 60.2 Å². The zero-order valence-electron chi connectivity index (χ0n) is 18.1. The third-order valence-corrected chi connectivity index (χ3v) is 7.04. The van der Waals surface area contributed by atoms with Gasteiger partial charge in [-0.15, -0.1) is 0 Å². The van der Waals surface area contributed by atoms with Crippen molar-refractivity contribution in [3.8, 4) is 0 Å². The molecule has 6 nitrogen and oxygen atoms in total. The summed E-state index contributed by atoms with van der Waals surface area (Å²) in [4.78, 5) is 19.0. The molecule has 166 valence electrons. The van der Waals surface area contributed by atoms with Crippen LogP contribution in [0.3, 0.4) is 0 Å². The highest BCUT2D eigenvalue weighted by Crippen LogP contribution is 2.24. The Morgan fingerprint density at radius 2 is 1.58 bits per heavy atom. The number of hydrogen-bond donors (Lipinski definition) is 2. The first-order chi connectivity index (χ1) is 15.1. The van der Waals surface area contributed by atoms with Crippen molar-refractivity contribution in [3.63, 3.8) is 0 Å². The van der Waals surface area contributed by atoms with Gasteiger partial charge in [-0.3, -0.25) is 4.90 Å². The van der Waals surface area contributed by atoms with Crippen LogP contribution in [0.15, 0.2) is 54.6 Å². The summed E-state index contributed by atoms with van der Waals surface area (Å²) >= 11 is 4.12. The number of anilines is 2. The number of piperidine rings is 1. The molecule has 31 heavy (non-hydrogen) atoms. The van der Waals surface area contributed by atoms with Crippen LogP contribution >= 0.6 is 12.8 Å².